The summed E-state index contributed by atoms with van der Waals surface area (Å²) in [6, 6.07) is 20.2. The summed E-state index contributed by atoms with van der Waals surface area (Å²) in [5.74, 6) is -4.66. The van der Waals surface area contributed by atoms with E-state index >= 15 is 0 Å². The molecule has 0 aliphatic heterocycles. The van der Waals surface area contributed by atoms with E-state index < -0.39 is 60.2 Å². The van der Waals surface area contributed by atoms with E-state index in [-0.39, 0.29) is 25.7 Å². The number of carboxylic acids is 2. The number of nitrogens with two attached hydrogens (primary N) is 1. The number of nitrogens with one attached hydrogen (secondary N) is 4. The second-order valence-electron chi connectivity index (χ2n) is 11.0. The van der Waals surface area contributed by atoms with E-state index in [2.05, 4.69) is 20.9 Å². The van der Waals surface area contributed by atoms with Gasteiger partial charge in [0, 0.05) is 36.4 Å². The number of fused-ring (bicyclic) bond motifs is 1. The molecule has 12 heteroatoms. The molecular weight excluding hydrogens is 590 g/mol. The molecule has 4 aromatic rings. The maximum atomic E-state index is 13.6. The van der Waals surface area contributed by atoms with Crippen molar-refractivity contribution in [3.8, 4) is 0 Å². The number of aromatic nitrogens is 1. The summed E-state index contributed by atoms with van der Waals surface area (Å²) in [5, 5.41) is 27.7. The molecule has 1 heterocycles. The molecule has 0 radical (unpaired) electrons. The van der Waals surface area contributed by atoms with Crippen LogP contribution in [0.5, 0.6) is 0 Å². The first kappa shape index (κ1) is 33.4. The molecule has 0 saturated heterocycles. The van der Waals surface area contributed by atoms with Crippen molar-refractivity contribution in [2.45, 2.75) is 56.3 Å². The number of benzene rings is 3. The van der Waals surface area contributed by atoms with Crippen molar-refractivity contribution in [2.75, 3.05) is 0 Å². The third-order valence-corrected chi connectivity index (χ3v) is 7.54. The number of para-hydroxylation sites is 1. The molecule has 0 bridgehead atoms. The number of hydrogen-bond acceptors (Lipinski definition) is 6. The monoisotopic (exact) mass is 627 g/mol. The van der Waals surface area contributed by atoms with Crippen LogP contribution >= 0.6 is 0 Å². The molecule has 240 valence electrons. The van der Waals surface area contributed by atoms with Gasteiger partial charge in [0.15, 0.2) is 0 Å². The van der Waals surface area contributed by atoms with E-state index in [0.29, 0.717) is 11.1 Å². The molecule has 4 atom stereocenters. The van der Waals surface area contributed by atoms with E-state index in [0.717, 1.165) is 16.5 Å². The molecule has 3 aromatic carbocycles. The molecular formula is C34H37N5O7. The molecule has 1 aromatic heterocycles. The molecule has 0 saturated carbocycles. The van der Waals surface area contributed by atoms with Crippen LogP contribution in [0.4, 0.5) is 0 Å². The lowest BCUT2D eigenvalue weighted by molar-refractivity contribution is -0.142. The van der Waals surface area contributed by atoms with Gasteiger partial charge in [-0.25, -0.2) is 4.79 Å². The molecule has 3 amide bonds. The first-order valence-electron chi connectivity index (χ1n) is 14.8. The van der Waals surface area contributed by atoms with Crippen LogP contribution in [-0.4, -0.2) is 69.0 Å². The Labute approximate surface area is 265 Å². The minimum absolute atomic E-state index is 0.00969. The van der Waals surface area contributed by atoms with Crippen molar-refractivity contribution in [1.29, 1.82) is 0 Å². The van der Waals surface area contributed by atoms with Crippen molar-refractivity contribution in [3.63, 3.8) is 0 Å². The molecule has 4 unspecified atom stereocenters. The minimum Gasteiger partial charge on any atom is -0.481 e. The quantitative estimate of drug-likeness (QED) is 0.0975. The number of carboxylic acid groups (broad SMARTS) is 2. The van der Waals surface area contributed by atoms with E-state index in [1.807, 2.05) is 24.3 Å². The predicted molar refractivity (Wildman–Crippen MR) is 171 cm³/mol. The van der Waals surface area contributed by atoms with Crippen LogP contribution < -0.4 is 21.7 Å². The number of rotatable bonds is 16. The lowest BCUT2D eigenvalue weighted by atomic mass is 10.0. The Kier molecular flexibility index (Phi) is 11.6. The molecule has 0 aliphatic carbocycles. The maximum Gasteiger partial charge on any atom is 0.326 e. The number of amides is 3. The van der Waals surface area contributed by atoms with Gasteiger partial charge in [-0.05, 0) is 35.6 Å². The van der Waals surface area contributed by atoms with Crippen LogP contribution in [0.1, 0.15) is 29.5 Å². The summed E-state index contributed by atoms with van der Waals surface area (Å²) in [6.07, 6.45) is 1.22. The summed E-state index contributed by atoms with van der Waals surface area (Å²) >= 11 is 0. The molecule has 8 N–H and O–H groups in total. The average molecular weight is 628 g/mol. The lowest BCUT2D eigenvalue weighted by Gasteiger charge is -2.25. The average Bonchev–Trinajstić information content (AvgIpc) is 3.45. The zero-order valence-electron chi connectivity index (χ0n) is 25.0. The lowest BCUT2D eigenvalue weighted by Crippen LogP contribution is -2.58. The minimum atomic E-state index is -1.33. The maximum absolute atomic E-state index is 13.6. The molecule has 46 heavy (non-hydrogen) atoms. The molecule has 12 nitrogen and oxygen atoms in total. The fourth-order valence-electron chi connectivity index (χ4n) is 5.10. The highest BCUT2D eigenvalue weighted by Gasteiger charge is 2.31. The molecule has 4 rings (SSSR count). The summed E-state index contributed by atoms with van der Waals surface area (Å²) in [5.41, 5.74) is 9.26. The fraction of sp³-hybridized carbons (Fsp3) is 0.265. The smallest absolute Gasteiger partial charge is 0.326 e. The van der Waals surface area contributed by atoms with Gasteiger partial charge in [0.1, 0.15) is 18.1 Å². The molecule has 0 aliphatic rings. The summed E-state index contributed by atoms with van der Waals surface area (Å²) < 4.78 is 0. The van der Waals surface area contributed by atoms with Gasteiger partial charge >= 0.3 is 11.9 Å². The van der Waals surface area contributed by atoms with E-state index in [1.54, 1.807) is 66.9 Å². The standard InChI is InChI=1S/C34H37N5O7/c35-25(19-23-20-36-26-14-8-7-13-24(23)26)31(42)37-27(15-16-30(40)41)32(43)38-28(17-21-9-3-1-4-10-21)33(44)39-29(34(45)46)18-22-11-5-2-6-12-22/h1-14,20,25,27-29,36H,15-19,35H2,(H,37,42)(H,38,43)(H,39,44)(H,40,41)(H,45,46). The van der Waals surface area contributed by atoms with Gasteiger partial charge in [0.2, 0.25) is 17.7 Å². The first-order chi connectivity index (χ1) is 22.1. The van der Waals surface area contributed by atoms with Gasteiger partial charge in [0.25, 0.3) is 0 Å². The van der Waals surface area contributed by atoms with Gasteiger partial charge in [-0.1, -0.05) is 78.9 Å². The Morgan fingerprint density at radius 2 is 1.17 bits per heavy atom. The van der Waals surface area contributed by atoms with Gasteiger partial charge in [-0.3, -0.25) is 19.2 Å². The van der Waals surface area contributed by atoms with Crippen molar-refractivity contribution < 1.29 is 34.2 Å². The highest BCUT2D eigenvalue weighted by Crippen LogP contribution is 2.19. The Morgan fingerprint density at radius 3 is 1.78 bits per heavy atom. The summed E-state index contributed by atoms with van der Waals surface area (Å²) in [7, 11) is 0. The number of hydrogen-bond donors (Lipinski definition) is 7. The van der Waals surface area contributed by atoms with Gasteiger partial charge in [-0.2, -0.15) is 0 Å². The normalized spacial score (nSPS) is 13.6. The van der Waals surface area contributed by atoms with Gasteiger partial charge in [0.05, 0.1) is 6.04 Å². The zero-order valence-corrected chi connectivity index (χ0v) is 25.0. The first-order valence-corrected chi connectivity index (χ1v) is 14.8. The zero-order chi connectivity index (χ0) is 33.1. The summed E-state index contributed by atoms with van der Waals surface area (Å²) in [6.45, 7) is 0. The number of carbonyl (C=O) groups excluding carboxylic acids is 3. The van der Waals surface area contributed by atoms with Crippen molar-refractivity contribution in [3.05, 3.63) is 108 Å². The number of H-pyrrole nitrogens is 1. The second-order valence-corrected chi connectivity index (χ2v) is 11.0. The molecule has 0 spiro atoms. The van der Waals surface area contributed by atoms with Gasteiger partial charge < -0.3 is 36.9 Å². The highest BCUT2D eigenvalue weighted by molar-refractivity contribution is 5.95. The van der Waals surface area contributed by atoms with Crippen LogP contribution in [0.25, 0.3) is 10.9 Å². The van der Waals surface area contributed by atoms with Crippen molar-refractivity contribution in [2.24, 2.45) is 5.73 Å². The Hall–Kier alpha value is -5.49. The van der Waals surface area contributed by atoms with Crippen LogP contribution in [0, 0.1) is 0 Å². The number of aliphatic carboxylic acids is 2. The van der Waals surface area contributed by atoms with E-state index in [1.165, 1.54) is 0 Å². The van der Waals surface area contributed by atoms with E-state index in [4.69, 9.17) is 5.73 Å². The SMILES string of the molecule is NC(Cc1c[nH]c2ccccc12)C(=O)NC(CCC(=O)O)C(=O)NC(Cc1ccccc1)C(=O)NC(Cc1ccccc1)C(=O)O. The highest BCUT2D eigenvalue weighted by atomic mass is 16.4. The Morgan fingerprint density at radius 1 is 0.652 bits per heavy atom. The third-order valence-electron chi connectivity index (χ3n) is 7.54. The van der Waals surface area contributed by atoms with E-state index in [9.17, 15) is 34.2 Å². The van der Waals surface area contributed by atoms with Crippen molar-refractivity contribution >= 4 is 40.6 Å². The topological polar surface area (TPSA) is 204 Å². The Bertz CT molecular complexity index is 1660. The van der Waals surface area contributed by atoms with Crippen LogP contribution in [0.2, 0.25) is 0 Å². The van der Waals surface area contributed by atoms with Crippen LogP contribution in [0.15, 0.2) is 91.1 Å². The number of aromatic amines is 1. The number of carbonyl (C=O) groups is 5. The van der Waals surface area contributed by atoms with Gasteiger partial charge in [-0.15, -0.1) is 0 Å². The predicted octanol–water partition coefficient (Wildman–Crippen LogP) is 1.93. The largest absolute Gasteiger partial charge is 0.481 e. The third kappa shape index (κ3) is 9.50. The molecule has 0 fully saturated rings. The second kappa shape index (κ2) is 16.0. The van der Waals surface area contributed by atoms with Crippen LogP contribution in [-0.2, 0) is 43.2 Å². The van der Waals surface area contributed by atoms with Crippen molar-refractivity contribution in [1.82, 2.24) is 20.9 Å². The summed E-state index contributed by atoms with van der Waals surface area (Å²) in [4.78, 5) is 66.8. The van der Waals surface area contributed by atoms with Crippen LogP contribution in [0.3, 0.4) is 0 Å². The Balaban J connectivity index is 1.49. The fourth-order valence-corrected chi connectivity index (χ4v) is 5.10.